The van der Waals surface area contributed by atoms with Crippen molar-refractivity contribution in [2.75, 3.05) is 31.7 Å². The Bertz CT molecular complexity index is 474. The zero-order chi connectivity index (χ0) is 13.8. The van der Waals surface area contributed by atoms with Gasteiger partial charge in [0.25, 0.3) is 5.91 Å². The first-order chi connectivity index (χ1) is 9.11. The molecule has 7 heteroatoms. The molecule has 1 atom stereocenters. The first-order valence-corrected chi connectivity index (χ1v) is 6.80. The van der Waals surface area contributed by atoms with Crippen LogP contribution in [0.15, 0.2) is 12.1 Å². The van der Waals surface area contributed by atoms with Gasteiger partial charge < -0.3 is 20.1 Å². The Labute approximate surface area is 115 Å². The Morgan fingerprint density at radius 2 is 2.37 bits per heavy atom. The van der Waals surface area contributed by atoms with Crippen LogP contribution in [0, 0.1) is 0 Å². The molecule has 0 bridgehead atoms. The molecule has 1 aliphatic heterocycles. The SMILES string of the molecule is CC(=O)Nc1ccc(C(=O)N2CCOCC2CO)s1. The summed E-state index contributed by atoms with van der Waals surface area (Å²) in [4.78, 5) is 25.4. The van der Waals surface area contributed by atoms with Crippen molar-refractivity contribution in [3.63, 3.8) is 0 Å². The molecule has 0 aliphatic carbocycles. The molecule has 6 nitrogen and oxygen atoms in total. The maximum absolute atomic E-state index is 12.3. The van der Waals surface area contributed by atoms with E-state index in [9.17, 15) is 14.7 Å². The quantitative estimate of drug-likeness (QED) is 0.849. The van der Waals surface area contributed by atoms with Gasteiger partial charge in [0, 0.05) is 13.5 Å². The van der Waals surface area contributed by atoms with Gasteiger partial charge in [-0.15, -0.1) is 11.3 Å². The van der Waals surface area contributed by atoms with E-state index in [1.54, 1.807) is 17.0 Å². The van der Waals surface area contributed by atoms with E-state index in [0.717, 1.165) is 0 Å². The Balaban J connectivity index is 2.09. The maximum atomic E-state index is 12.3. The Kier molecular flexibility index (Phi) is 4.52. The number of hydrogen-bond acceptors (Lipinski definition) is 5. The number of aliphatic hydroxyl groups excluding tert-OH is 1. The van der Waals surface area contributed by atoms with E-state index in [1.165, 1.54) is 18.3 Å². The molecular formula is C12H16N2O4S. The number of nitrogens with one attached hydrogen (secondary N) is 1. The number of carbonyl (C=O) groups excluding carboxylic acids is 2. The Hall–Kier alpha value is -1.44. The first kappa shape index (κ1) is 14.0. The zero-order valence-electron chi connectivity index (χ0n) is 10.6. The lowest BCUT2D eigenvalue weighted by molar-refractivity contribution is -0.114. The van der Waals surface area contributed by atoms with Crippen LogP contribution in [-0.2, 0) is 9.53 Å². The van der Waals surface area contributed by atoms with Gasteiger partial charge in [0.15, 0.2) is 0 Å². The number of carbonyl (C=O) groups is 2. The second-order valence-electron chi connectivity index (χ2n) is 4.25. The van der Waals surface area contributed by atoms with E-state index in [0.29, 0.717) is 29.6 Å². The molecule has 1 aromatic heterocycles. The van der Waals surface area contributed by atoms with Gasteiger partial charge in [-0.25, -0.2) is 0 Å². The minimum absolute atomic E-state index is 0.115. The van der Waals surface area contributed by atoms with Gasteiger partial charge in [0.05, 0.1) is 35.7 Å². The van der Waals surface area contributed by atoms with Crippen molar-refractivity contribution in [3.05, 3.63) is 17.0 Å². The van der Waals surface area contributed by atoms with E-state index >= 15 is 0 Å². The minimum atomic E-state index is -0.299. The van der Waals surface area contributed by atoms with Crippen LogP contribution < -0.4 is 5.32 Å². The molecule has 0 aromatic carbocycles. The third kappa shape index (κ3) is 3.31. The number of nitrogens with zero attached hydrogens (tertiary/aromatic N) is 1. The topological polar surface area (TPSA) is 78.9 Å². The molecule has 1 unspecified atom stereocenters. The summed E-state index contributed by atoms with van der Waals surface area (Å²) in [7, 11) is 0. The molecule has 0 radical (unpaired) electrons. The predicted molar refractivity (Wildman–Crippen MR) is 71.4 cm³/mol. The van der Waals surface area contributed by atoms with Crippen LogP contribution in [0.1, 0.15) is 16.6 Å². The van der Waals surface area contributed by atoms with Crippen molar-refractivity contribution in [1.29, 1.82) is 0 Å². The molecule has 2 amide bonds. The standard InChI is InChI=1S/C12H16N2O4S/c1-8(16)13-11-3-2-10(19-11)12(17)14-4-5-18-7-9(14)6-15/h2-3,9,15H,4-7H2,1H3,(H,13,16). The van der Waals surface area contributed by atoms with Gasteiger partial charge in [-0.05, 0) is 12.1 Å². The Morgan fingerprint density at radius 3 is 3.05 bits per heavy atom. The highest BCUT2D eigenvalue weighted by Crippen LogP contribution is 2.24. The van der Waals surface area contributed by atoms with E-state index in [4.69, 9.17) is 4.74 Å². The summed E-state index contributed by atoms with van der Waals surface area (Å²) in [6.45, 7) is 2.61. The van der Waals surface area contributed by atoms with Crippen LogP contribution in [-0.4, -0.2) is 54.2 Å². The number of ether oxygens (including phenoxy) is 1. The van der Waals surface area contributed by atoms with E-state index in [1.807, 2.05) is 0 Å². The van der Waals surface area contributed by atoms with Gasteiger partial charge >= 0.3 is 0 Å². The van der Waals surface area contributed by atoms with Crippen molar-refractivity contribution in [2.24, 2.45) is 0 Å². The van der Waals surface area contributed by atoms with E-state index in [2.05, 4.69) is 5.32 Å². The summed E-state index contributed by atoms with van der Waals surface area (Å²) in [5.41, 5.74) is 0. The van der Waals surface area contributed by atoms with Crippen LogP contribution in [0.5, 0.6) is 0 Å². The van der Waals surface area contributed by atoms with E-state index in [-0.39, 0.29) is 24.5 Å². The van der Waals surface area contributed by atoms with Crippen molar-refractivity contribution in [3.8, 4) is 0 Å². The highest BCUT2D eigenvalue weighted by Gasteiger charge is 2.28. The zero-order valence-corrected chi connectivity index (χ0v) is 11.4. The number of aliphatic hydroxyl groups is 1. The van der Waals surface area contributed by atoms with Crippen molar-refractivity contribution in [1.82, 2.24) is 4.90 Å². The van der Waals surface area contributed by atoms with Crippen LogP contribution in [0.4, 0.5) is 5.00 Å². The summed E-state index contributed by atoms with van der Waals surface area (Å²) >= 11 is 1.23. The van der Waals surface area contributed by atoms with Crippen LogP contribution in [0.2, 0.25) is 0 Å². The second-order valence-corrected chi connectivity index (χ2v) is 5.34. The fourth-order valence-electron chi connectivity index (χ4n) is 1.91. The molecule has 1 saturated heterocycles. The lowest BCUT2D eigenvalue weighted by Gasteiger charge is -2.34. The number of amides is 2. The maximum Gasteiger partial charge on any atom is 0.264 e. The largest absolute Gasteiger partial charge is 0.394 e. The van der Waals surface area contributed by atoms with Gasteiger partial charge in [0.2, 0.25) is 5.91 Å². The average molecular weight is 284 g/mol. The summed E-state index contributed by atoms with van der Waals surface area (Å²) in [5, 5.41) is 12.5. The van der Waals surface area contributed by atoms with Gasteiger partial charge in [-0.3, -0.25) is 9.59 Å². The highest BCUT2D eigenvalue weighted by atomic mass is 32.1. The normalized spacial score (nSPS) is 19.3. The third-order valence-electron chi connectivity index (χ3n) is 2.82. The van der Waals surface area contributed by atoms with Crippen LogP contribution >= 0.6 is 11.3 Å². The Morgan fingerprint density at radius 1 is 1.58 bits per heavy atom. The van der Waals surface area contributed by atoms with Gasteiger partial charge in [-0.1, -0.05) is 0 Å². The number of hydrogen-bond donors (Lipinski definition) is 2. The number of thiophene rings is 1. The molecule has 2 heterocycles. The predicted octanol–water partition coefficient (Wildman–Crippen LogP) is 0.540. The van der Waals surface area contributed by atoms with Crippen LogP contribution in [0.25, 0.3) is 0 Å². The number of morpholine rings is 1. The fourth-order valence-corrected chi connectivity index (χ4v) is 2.82. The molecule has 0 spiro atoms. The van der Waals surface area contributed by atoms with Gasteiger partial charge in [0.1, 0.15) is 0 Å². The molecule has 2 rings (SSSR count). The molecule has 19 heavy (non-hydrogen) atoms. The van der Waals surface area contributed by atoms with Crippen molar-refractivity contribution < 1.29 is 19.4 Å². The lowest BCUT2D eigenvalue weighted by Crippen LogP contribution is -2.50. The monoisotopic (exact) mass is 284 g/mol. The molecule has 1 fully saturated rings. The fraction of sp³-hybridized carbons (Fsp3) is 0.500. The van der Waals surface area contributed by atoms with Crippen molar-refractivity contribution in [2.45, 2.75) is 13.0 Å². The van der Waals surface area contributed by atoms with Gasteiger partial charge in [-0.2, -0.15) is 0 Å². The average Bonchev–Trinajstić information content (AvgIpc) is 2.85. The summed E-state index contributed by atoms with van der Waals surface area (Å²) in [6.07, 6.45) is 0. The summed E-state index contributed by atoms with van der Waals surface area (Å²) < 4.78 is 5.24. The summed E-state index contributed by atoms with van der Waals surface area (Å²) in [6, 6.07) is 3.09. The summed E-state index contributed by atoms with van der Waals surface area (Å²) in [5.74, 6) is -0.301. The first-order valence-electron chi connectivity index (χ1n) is 5.99. The lowest BCUT2D eigenvalue weighted by atomic mass is 10.2. The number of anilines is 1. The minimum Gasteiger partial charge on any atom is -0.394 e. The molecule has 1 aliphatic rings. The molecule has 0 saturated carbocycles. The smallest absolute Gasteiger partial charge is 0.264 e. The number of rotatable bonds is 3. The van der Waals surface area contributed by atoms with Crippen LogP contribution in [0.3, 0.4) is 0 Å². The highest BCUT2D eigenvalue weighted by molar-refractivity contribution is 7.18. The molecule has 1 aromatic rings. The molecule has 104 valence electrons. The van der Waals surface area contributed by atoms with E-state index < -0.39 is 0 Å². The third-order valence-corrected chi connectivity index (χ3v) is 3.80. The second kappa shape index (κ2) is 6.14. The molecule has 2 N–H and O–H groups in total. The van der Waals surface area contributed by atoms with Crippen molar-refractivity contribution >= 4 is 28.2 Å². The molecular weight excluding hydrogens is 268 g/mol.